The van der Waals surface area contributed by atoms with Gasteiger partial charge in [0.2, 0.25) is 5.91 Å². The van der Waals surface area contributed by atoms with Gasteiger partial charge in [-0.25, -0.2) is 0 Å². The molecule has 1 unspecified atom stereocenters. The first-order valence-corrected chi connectivity index (χ1v) is 7.09. The molecule has 1 amide bonds. The van der Waals surface area contributed by atoms with Crippen LogP contribution in [0.5, 0.6) is 0 Å². The second-order valence-corrected chi connectivity index (χ2v) is 5.62. The summed E-state index contributed by atoms with van der Waals surface area (Å²) in [4.78, 5) is 13.8. The van der Waals surface area contributed by atoms with Crippen molar-refractivity contribution in [3.63, 3.8) is 0 Å². The van der Waals surface area contributed by atoms with Crippen molar-refractivity contribution >= 4 is 21.8 Å². The van der Waals surface area contributed by atoms with Crippen LogP contribution in [-0.2, 0) is 4.79 Å². The minimum Gasteiger partial charge on any atom is -0.352 e. The van der Waals surface area contributed by atoms with E-state index in [-0.39, 0.29) is 11.9 Å². The van der Waals surface area contributed by atoms with Crippen molar-refractivity contribution in [2.45, 2.75) is 39.2 Å². The SMILES string of the molecule is CC(C)C(CN(C)C)NC(=O)CCCCBr. The molecule has 16 heavy (non-hydrogen) atoms. The van der Waals surface area contributed by atoms with Crippen LogP contribution in [0.15, 0.2) is 0 Å². The molecule has 0 spiro atoms. The molecule has 3 nitrogen and oxygen atoms in total. The largest absolute Gasteiger partial charge is 0.352 e. The van der Waals surface area contributed by atoms with Gasteiger partial charge >= 0.3 is 0 Å². The fraction of sp³-hybridized carbons (Fsp3) is 0.917. The molecule has 0 radical (unpaired) electrons. The van der Waals surface area contributed by atoms with Gasteiger partial charge in [0, 0.05) is 24.3 Å². The van der Waals surface area contributed by atoms with Crippen molar-refractivity contribution in [3.05, 3.63) is 0 Å². The molecular weight excluding hydrogens is 268 g/mol. The van der Waals surface area contributed by atoms with Crippen molar-refractivity contribution < 1.29 is 4.79 Å². The third-order valence-corrected chi connectivity index (χ3v) is 3.06. The lowest BCUT2D eigenvalue weighted by Gasteiger charge is -2.25. The van der Waals surface area contributed by atoms with Gasteiger partial charge in [-0.15, -0.1) is 0 Å². The van der Waals surface area contributed by atoms with Gasteiger partial charge in [0.1, 0.15) is 0 Å². The van der Waals surface area contributed by atoms with E-state index in [0.29, 0.717) is 12.3 Å². The van der Waals surface area contributed by atoms with Crippen LogP contribution in [0.25, 0.3) is 0 Å². The van der Waals surface area contributed by atoms with Gasteiger partial charge < -0.3 is 10.2 Å². The lowest BCUT2D eigenvalue weighted by atomic mass is 10.0. The van der Waals surface area contributed by atoms with Gasteiger partial charge in [-0.1, -0.05) is 29.8 Å². The van der Waals surface area contributed by atoms with Crippen molar-refractivity contribution in [1.29, 1.82) is 0 Å². The van der Waals surface area contributed by atoms with E-state index in [1.54, 1.807) is 0 Å². The number of halogens is 1. The Balaban J connectivity index is 3.93. The highest BCUT2D eigenvalue weighted by molar-refractivity contribution is 9.09. The molecule has 0 aromatic heterocycles. The minimum atomic E-state index is 0.182. The summed E-state index contributed by atoms with van der Waals surface area (Å²) in [7, 11) is 4.07. The predicted molar refractivity (Wildman–Crippen MR) is 73.0 cm³/mol. The molecule has 0 aliphatic carbocycles. The Morgan fingerprint density at radius 2 is 1.94 bits per heavy atom. The molecule has 1 atom stereocenters. The van der Waals surface area contributed by atoms with Crippen molar-refractivity contribution in [1.82, 2.24) is 10.2 Å². The Morgan fingerprint density at radius 1 is 1.31 bits per heavy atom. The lowest BCUT2D eigenvalue weighted by molar-refractivity contribution is -0.122. The zero-order valence-electron chi connectivity index (χ0n) is 10.9. The second-order valence-electron chi connectivity index (χ2n) is 4.83. The third kappa shape index (κ3) is 8.11. The average molecular weight is 293 g/mol. The molecular formula is C12H25BrN2O. The highest BCUT2D eigenvalue weighted by atomic mass is 79.9. The fourth-order valence-electron chi connectivity index (χ4n) is 1.48. The van der Waals surface area contributed by atoms with Gasteiger partial charge in [-0.2, -0.15) is 0 Å². The standard InChI is InChI=1S/C12H25BrN2O/c1-10(2)11(9-15(3)4)14-12(16)7-5-6-8-13/h10-11H,5-9H2,1-4H3,(H,14,16). The Labute approximate surface area is 108 Å². The molecule has 0 aliphatic rings. The molecule has 4 heteroatoms. The number of carbonyl (C=O) groups is 1. The summed E-state index contributed by atoms with van der Waals surface area (Å²) >= 11 is 3.37. The summed E-state index contributed by atoms with van der Waals surface area (Å²) in [5, 5.41) is 4.09. The number of hydrogen-bond acceptors (Lipinski definition) is 2. The maximum Gasteiger partial charge on any atom is 0.220 e. The number of alkyl halides is 1. The lowest BCUT2D eigenvalue weighted by Crippen LogP contribution is -2.44. The normalized spacial score (nSPS) is 13.2. The smallest absolute Gasteiger partial charge is 0.220 e. The number of nitrogens with zero attached hydrogens (tertiary/aromatic N) is 1. The zero-order valence-corrected chi connectivity index (χ0v) is 12.5. The minimum absolute atomic E-state index is 0.182. The summed E-state index contributed by atoms with van der Waals surface area (Å²) in [6, 6.07) is 0.256. The fourth-order valence-corrected chi connectivity index (χ4v) is 1.87. The van der Waals surface area contributed by atoms with E-state index in [9.17, 15) is 4.79 Å². The van der Waals surface area contributed by atoms with Gasteiger partial charge in [0.25, 0.3) is 0 Å². The van der Waals surface area contributed by atoms with Crippen LogP contribution in [0.3, 0.4) is 0 Å². The Kier molecular flexibility index (Phi) is 8.94. The molecule has 96 valence electrons. The van der Waals surface area contributed by atoms with Gasteiger partial charge in [-0.05, 0) is 32.9 Å². The molecule has 0 fully saturated rings. The number of hydrogen-bond donors (Lipinski definition) is 1. The third-order valence-electron chi connectivity index (χ3n) is 2.50. The highest BCUT2D eigenvalue weighted by Crippen LogP contribution is 2.04. The second kappa shape index (κ2) is 8.99. The summed E-state index contributed by atoms with van der Waals surface area (Å²) in [6.45, 7) is 5.20. The van der Waals surface area contributed by atoms with Crippen molar-refractivity contribution in [2.24, 2.45) is 5.92 Å². The first kappa shape index (κ1) is 15.9. The molecule has 0 heterocycles. The predicted octanol–water partition coefficient (Wildman–Crippen LogP) is 2.25. The Morgan fingerprint density at radius 3 is 2.38 bits per heavy atom. The molecule has 0 bridgehead atoms. The molecule has 0 rings (SSSR count). The van der Waals surface area contributed by atoms with Gasteiger partial charge in [-0.3, -0.25) is 4.79 Å². The van der Waals surface area contributed by atoms with E-state index in [2.05, 4.69) is 40.0 Å². The van der Waals surface area contributed by atoms with Crippen LogP contribution in [0, 0.1) is 5.92 Å². The van der Waals surface area contributed by atoms with Crippen LogP contribution in [-0.4, -0.2) is 42.8 Å². The summed E-state index contributed by atoms with van der Waals surface area (Å²) in [5.74, 6) is 0.657. The number of likely N-dealkylation sites (N-methyl/N-ethyl adjacent to an activating group) is 1. The number of rotatable bonds is 8. The number of amides is 1. The summed E-state index contributed by atoms with van der Waals surface area (Å²) < 4.78 is 0. The van der Waals surface area contributed by atoms with Crippen LogP contribution < -0.4 is 5.32 Å². The van der Waals surface area contributed by atoms with Crippen molar-refractivity contribution in [2.75, 3.05) is 26.0 Å². The molecule has 0 aromatic rings. The number of carbonyl (C=O) groups excluding carboxylic acids is 1. The first-order chi connectivity index (χ1) is 7.47. The van der Waals surface area contributed by atoms with E-state index < -0.39 is 0 Å². The van der Waals surface area contributed by atoms with E-state index >= 15 is 0 Å². The van der Waals surface area contributed by atoms with E-state index in [0.717, 1.165) is 24.7 Å². The molecule has 1 N–H and O–H groups in total. The van der Waals surface area contributed by atoms with Crippen LogP contribution >= 0.6 is 15.9 Å². The van der Waals surface area contributed by atoms with E-state index in [4.69, 9.17) is 0 Å². The molecule has 0 aliphatic heterocycles. The molecule has 0 aromatic carbocycles. The van der Waals surface area contributed by atoms with Crippen LogP contribution in [0.4, 0.5) is 0 Å². The highest BCUT2D eigenvalue weighted by Gasteiger charge is 2.16. The number of unbranched alkanes of at least 4 members (excludes halogenated alkanes) is 1. The van der Waals surface area contributed by atoms with Crippen LogP contribution in [0.1, 0.15) is 33.1 Å². The Hall–Kier alpha value is -0.0900. The quantitative estimate of drug-likeness (QED) is 0.550. The monoisotopic (exact) mass is 292 g/mol. The number of nitrogens with one attached hydrogen (secondary N) is 1. The maximum atomic E-state index is 11.7. The topological polar surface area (TPSA) is 32.3 Å². The molecule has 0 saturated carbocycles. The van der Waals surface area contributed by atoms with Crippen LogP contribution in [0.2, 0.25) is 0 Å². The van der Waals surface area contributed by atoms with E-state index in [1.165, 1.54) is 0 Å². The summed E-state index contributed by atoms with van der Waals surface area (Å²) in [6.07, 6.45) is 2.67. The van der Waals surface area contributed by atoms with Crippen molar-refractivity contribution in [3.8, 4) is 0 Å². The van der Waals surface area contributed by atoms with Gasteiger partial charge in [0.15, 0.2) is 0 Å². The van der Waals surface area contributed by atoms with Gasteiger partial charge in [0.05, 0.1) is 0 Å². The Bertz CT molecular complexity index is 195. The average Bonchev–Trinajstić information content (AvgIpc) is 2.16. The zero-order chi connectivity index (χ0) is 12.6. The van der Waals surface area contributed by atoms with E-state index in [1.807, 2.05) is 14.1 Å². The maximum absolute atomic E-state index is 11.7. The first-order valence-electron chi connectivity index (χ1n) is 5.97. The summed E-state index contributed by atoms with van der Waals surface area (Å²) in [5.41, 5.74) is 0. The molecule has 0 saturated heterocycles.